The summed E-state index contributed by atoms with van der Waals surface area (Å²) in [4.78, 5) is 2.54. The van der Waals surface area contributed by atoms with Gasteiger partial charge in [0.05, 0.1) is 6.61 Å². The van der Waals surface area contributed by atoms with E-state index in [1.165, 1.54) is 35.1 Å². The number of benzene rings is 1. The molecule has 124 valence electrons. The summed E-state index contributed by atoms with van der Waals surface area (Å²) in [5.74, 6) is 1.02. The average Bonchev–Trinajstić information content (AvgIpc) is 3.02. The Morgan fingerprint density at radius 2 is 1.86 bits per heavy atom. The van der Waals surface area contributed by atoms with Gasteiger partial charge in [-0.25, -0.2) is 0 Å². The quantitative estimate of drug-likeness (QED) is 0.829. The number of hydrogen-bond donors (Lipinski definition) is 1. The lowest BCUT2D eigenvalue weighted by Crippen LogP contribution is -2.28. The largest absolute Gasteiger partial charge is 0.493 e. The highest BCUT2D eigenvalue weighted by atomic mass is 16.5. The monoisotopic (exact) mass is 305 g/mol. The summed E-state index contributed by atoms with van der Waals surface area (Å²) in [6.45, 7) is 12.0. The molecule has 1 aliphatic heterocycles. The molecule has 0 radical (unpaired) electrons. The molecule has 1 aromatic carbocycles. The summed E-state index contributed by atoms with van der Waals surface area (Å²) in [6, 6.07) is 2.53. The van der Waals surface area contributed by atoms with Crippen molar-refractivity contribution in [1.82, 2.24) is 4.90 Å². The Hall–Kier alpha value is -1.06. The van der Waals surface area contributed by atoms with Crippen LogP contribution in [0.1, 0.15) is 60.9 Å². The van der Waals surface area contributed by atoms with Crippen molar-refractivity contribution in [1.29, 1.82) is 0 Å². The van der Waals surface area contributed by atoms with Gasteiger partial charge in [0.25, 0.3) is 0 Å². The second kappa shape index (κ2) is 7.98. The smallest absolute Gasteiger partial charge is 0.122 e. The first-order valence-corrected chi connectivity index (χ1v) is 8.68. The van der Waals surface area contributed by atoms with Crippen molar-refractivity contribution < 1.29 is 9.84 Å². The van der Waals surface area contributed by atoms with Crippen LogP contribution in [0.15, 0.2) is 6.07 Å². The number of ether oxygens (including phenoxy) is 1. The highest BCUT2D eigenvalue weighted by Gasteiger charge is 2.26. The number of rotatable bonds is 7. The van der Waals surface area contributed by atoms with Crippen LogP contribution in [-0.4, -0.2) is 36.3 Å². The van der Waals surface area contributed by atoms with E-state index in [1.54, 1.807) is 0 Å². The lowest BCUT2D eigenvalue weighted by Gasteiger charge is -2.31. The fraction of sp³-hybridized carbons (Fsp3) is 0.684. The van der Waals surface area contributed by atoms with Gasteiger partial charge in [0.2, 0.25) is 0 Å². The molecule has 22 heavy (non-hydrogen) atoms. The van der Waals surface area contributed by atoms with Crippen LogP contribution in [0, 0.1) is 20.8 Å². The van der Waals surface area contributed by atoms with E-state index in [9.17, 15) is 5.11 Å². The first kappa shape index (κ1) is 17.3. The van der Waals surface area contributed by atoms with Crippen molar-refractivity contribution in [3.63, 3.8) is 0 Å². The lowest BCUT2D eigenvalue weighted by molar-refractivity contribution is 0.184. The average molecular weight is 305 g/mol. The van der Waals surface area contributed by atoms with Crippen LogP contribution in [0.4, 0.5) is 0 Å². The summed E-state index contributed by atoms with van der Waals surface area (Å²) < 4.78 is 5.90. The van der Waals surface area contributed by atoms with Gasteiger partial charge in [-0.2, -0.15) is 0 Å². The topological polar surface area (TPSA) is 32.7 Å². The Morgan fingerprint density at radius 3 is 2.45 bits per heavy atom. The zero-order valence-electron chi connectivity index (χ0n) is 14.6. The van der Waals surface area contributed by atoms with Crippen LogP contribution in [0.5, 0.6) is 5.75 Å². The summed E-state index contributed by atoms with van der Waals surface area (Å²) in [6.07, 6.45) is 4.39. The van der Waals surface area contributed by atoms with E-state index in [-0.39, 0.29) is 6.61 Å². The molecule has 0 saturated carbocycles. The van der Waals surface area contributed by atoms with Crippen LogP contribution in [0.3, 0.4) is 0 Å². The Labute approximate surface area is 135 Å². The van der Waals surface area contributed by atoms with Crippen LogP contribution in [0.2, 0.25) is 0 Å². The van der Waals surface area contributed by atoms with Crippen molar-refractivity contribution in [3.8, 4) is 5.75 Å². The molecular weight excluding hydrogens is 274 g/mol. The third-order valence-corrected chi connectivity index (χ3v) is 4.89. The summed E-state index contributed by atoms with van der Waals surface area (Å²) in [7, 11) is 0. The maximum absolute atomic E-state index is 9.53. The molecule has 1 heterocycles. The molecule has 2 rings (SSSR count). The molecule has 1 unspecified atom stereocenters. The zero-order chi connectivity index (χ0) is 16.1. The number of aryl methyl sites for hydroxylation is 1. The van der Waals surface area contributed by atoms with Crippen molar-refractivity contribution >= 4 is 0 Å². The van der Waals surface area contributed by atoms with Crippen LogP contribution < -0.4 is 4.74 Å². The second-order valence-electron chi connectivity index (χ2n) is 6.47. The van der Waals surface area contributed by atoms with Gasteiger partial charge in [0.1, 0.15) is 5.75 Å². The molecule has 0 spiro atoms. The number of aliphatic hydroxyl groups is 1. The molecule has 0 aliphatic carbocycles. The number of nitrogens with zero attached hydrogens (tertiary/aromatic N) is 1. The number of likely N-dealkylation sites (tertiary alicyclic amines) is 1. The summed E-state index contributed by atoms with van der Waals surface area (Å²) >= 11 is 0. The molecule has 1 aliphatic rings. The molecule has 3 heteroatoms. The highest BCUT2D eigenvalue weighted by molar-refractivity contribution is 5.49. The Balaban J connectivity index is 2.37. The second-order valence-corrected chi connectivity index (χ2v) is 6.47. The standard InChI is InChI=1S/C19H31NO2/c1-5-12-22-18-13-14(2)19(16(4)15(18)3)17(8-11-21)20-9-6-7-10-20/h13,17,21H,5-12H2,1-4H3. The molecule has 1 saturated heterocycles. The van der Waals surface area contributed by atoms with E-state index in [2.05, 4.69) is 38.7 Å². The first-order chi connectivity index (χ1) is 10.6. The maximum Gasteiger partial charge on any atom is 0.122 e. The Kier molecular flexibility index (Phi) is 6.27. The third-order valence-electron chi connectivity index (χ3n) is 4.89. The van der Waals surface area contributed by atoms with Gasteiger partial charge in [-0.1, -0.05) is 6.92 Å². The van der Waals surface area contributed by atoms with Gasteiger partial charge >= 0.3 is 0 Å². The fourth-order valence-corrected chi connectivity index (χ4v) is 3.62. The normalized spacial score (nSPS) is 17.0. The number of hydrogen-bond acceptors (Lipinski definition) is 3. The minimum absolute atomic E-state index is 0.243. The minimum atomic E-state index is 0.243. The molecule has 0 bridgehead atoms. The first-order valence-electron chi connectivity index (χ1n) is 8.68. The number of aliphatic hydroxyl groups excluding tert-OH is 1. The van der Waals surface area contributed by atoms with Gasteiger partial charge in [-0.3, -0.25) is 4.90 Å². The van der Waals surface area contributed by atoms with E-state index >= 15 is 0 Å². The van der Waals surface area contributed by atoms with Gasteiger partial charge < -0.3 is 9.84 Å². The highest BCUT2D eigenvalue weighted by Crippen LogP contribution is 2.36. The van der Waals surface area contributed by atoms with Crippen molar-refractivity contribution in [2.45, 2.75) is 59.4 Å². The Bertz CT molecular complexity index is 493. The van der Waals surface area contributed by atoms with Gasteiger partial charge in [-0.05, 0) is 87.9 Å². The van der Waals surface area contributed by atoms with E-state index in [0.717, 1.165) is 38.3 Å². The van der Waals surface area contributed by atoms with Crippen molar-refractivity contribution in [2.24, 2.45) is 0 Å². The van der Waals surface area contributed by atoms with E-state index < -0.39 is 0 Å². The predicted molar refractivity (Wildman–Crippen MR) is 91.7 cm³/mol. The molecule has 0 aromatic heterocycles. The van der Waals surface area contributed by atoms with Crippen LogP contribution in [-0.2, 0) is 0 Å². The van der Waals surface area contributed by atoms with Gasteiger partial charge in [0.15, 0.2) is 0 Å². The minimum Gasteiger partial charge on any atom is -0.493 e. The van der Waals surface area contributed by atoms with Crippen LogP contribution >= 0.6 is 0 Å². The molecule has 1 aromatic rings. The molecule has 1 atom stereocenters. The van der Waals surface area contributed by atoms with Gasteiger partial charge in [0, 0.05) is 12.6 Å². The van der Waals surface area contributed by atoms with Crippen LogP contribution in [0.25, 0.3) is 0 Å². The maximum atomic E-state index is 9.53. The molecule has 0 amide bonds. The summed E-state index contributed by atoms with van der Waals surface area (Å²) in [5, 5.41) is 9.53. The van der Waals surface area contributed by atoms with Crippen molar-refractivity contribution in [3.05, 3.63) is 28.3 Å². The van der Waals surface area contributed by atoms with Gasteiger partial charge in [-0.15, -0.1) is 0 Å². The zero-order valence-corrected chi connectivity index (χ0v) is 14.6. The third kappa shape index (κ3) is 3.64. The molecule has 3 nitrogen and oxygen atoms in total. The fourth-order valence-electron chi connectivity index (χ4n) is 3.62. The van der Waals surface area contributed by atoms with Crippen molar-refractivity contribution in [2.75, 3.05) is 26.3 Å². The molecule has 1 N–H and O–H groups in total. The lowest BCUT2D eigenvalue weighted by atomic mass is 9.90. The summed E-state index contributed by atoms with van der Waals surface area (Å²) in [5.41, 5.74) is 5.27. The van der Waals surface area contributed by atoms with E-state index in [0.29, 0.717) is 6.04 Å². The van der Waals surface area contributed by atoms with E-state index in [4.69, 9.17) is 4.74 Å². The Morgan fingerprint density at radius 1 is 1.18 bits per heavy atom. The SMILES string of the molecule is CCCOc1cc(C)c(C(CCO)N2CCCC2)c(C)c1C. The molecular formula is C19H31NO2. The molecule has 1 fully saturated rings. The van der Waals surface area contributed by atoms with E-state index in [1.807, 2.05) is 0 Å². The predicted octanol–water partition coefficient (Wildman–Crippen LogP) is 3.92.